The molecular weight excluding hydrogens is 190 g/mol. The van der Waals surface area contributed by atoms with E-state index in [1.165, 1.54) is 12.3 Å². The molecule has 0 fully saturated rings. The highest BCUT2D eigenvalue weighted by atomic mass is 16.1. The highest BCUT2D eigenvalue weighted by molar-refractivity contribution is 5.87. The summed E-state index contributed by atoms with van der Waals surface area (Å²) in [6.07, 6.45) is 2.40. The predicted octanol–water partition coefficient (Wildman–Crippen LogP) is 0.647. The van der Waals surface area contributed by atoms with Crippen LogP contribution in [0.5, 0.6) is 0 Å². The normalized spacial score (nSPS) is 9.80. The van der Waals surface area contributed by atoms with E-state index >= 15 is 0 Å². The minimum Gasteiger partial charge on any atom is -0.404 e. The Morgan fingerprint density at radius 3 is 2.93 bits per heavy atom. The summed E-state index contributed by atoms with van der Waals surface area (Å²) in [5.41, 5.74) is 6.42. The van der Waals surface area contributed by atoms with Crippen molar-refractivity contribution in [2.75, 3.05) is 0 Å². The van der Waals surface area contributed by atoms with Gasteiger partial charge in [-0.2, -0.15) is 5.26 Å². The van der Waals surface area contributed by atoms with E-state index in [1.54, 1.807) is 18.2 Å². The maximum Gasteiger partial charge on any atom is 0.245 e. The molecule has 4 heteroatoms. The van der Waals surface area contributed by atoms with Gasteiger partial charge in [-0.25, -0.2) is 0 Å². The zero-order valence-electron chi connectivity index (χ0n) is 8.10. The van der Waals surface area contributed by atoms with E-state index in [4.69, 9.17) is 11.0 Å². The largest absolute Gasteiger partial charge is 0.404 e. The van der Waals surface area contributed by atoms with Crippen molar-refractivity contribution in [1.29, 1.82) is 5.26 Å². The van der Waals surface area contributed by atoms with Crippen LogP contribution in [0.3, 0.4) is 0 Å². The monoisotopic (exact) mass is 201 g/mol. The Morgan fingerprint density at radius 2 is 2.27 bits per heavy atom. The van der Waals surface area contributed by atoms with Crippen LogP contribution in [0.15, 0.2) is 36.5 Å². The first kappa shape index (κ1) is 10.8. The van der Waals surface area contributed by atoms with Crippen molar-refractivity contribution in [1.82, 2.24) is 5.32 Å². The van der Waals surface area contributed by atoms with Gasteiger partial charge < -0.3 is 11.1 Å². The third-order valence-corrected chi connectivity index (χ3v) is 1.84. The summed E-state index contributed by atoms with van der Waals surface area (Å²) in [6.45, 7) is 0.326. The summed E-state index contributed by atoms with van der Waals surface area (Å²) in [5.74, 6) is -0.273. The molecule has 0 bridgehead atoms. The molecular formula is C11H11N3O. The van der Waals surface area contributed by atoms with Gasteiger partial charge in [-0.3, -0.25) is 4.79 Å². The molecule has 0 saturated heterocycles. The quantitative estimate of drug-likeness (QED) is 0.704. The second-order valence-corrected chi connectivity index (χ2v) is 2.85. The Bertz CT molecular complexity index is 418. The van der Waals surface area contributed by atoms with E-state index in [0.29, 0.717) is 12.1 Å². The lowest BCUT2D eigenvalue weighted by Crippen LogP contribution is -2.21. The number of hydrogen-bond donors (Lipinski definition) is 2. The van der Waals surface area contributed by atoms with Crippen molar-refractivity contribution in [3.05, 3.63) is 47.7 Å². The highest BCUT2D eigenvalue weighted by Crippen LogP contribution is 2.06. The Hall–Kier alpha value is -2.28. The fourth-order valence-electron chi connectivity index (χ4n) is 1.11. The van der Waals surface area contributed by atoms with Gasteiger partial charge in [0.1, 0.15) is 0 Å². The smallest absolute Gasteiger partial charge is 0.245 e. The lowest BCUT2D eigenvalue weighted by Gasteiger charge is -2.03. The maximum atomic E-state index is 11.1. The second-order valence-electron chi connectivity index (χ2n) is 2.85. The minimum absolute atomic E-state index is 0.273. The van der Waals surface area contributed by atoms with E-state index in [2.05, 4.69) is 11.4 Å². The van der Waals surface area contributed by atoms with Crippen LogP contribution >= 0.6 is 0 Å². The van der Waals surface area contributed by atoms with Crippen LogP contribution < -0.4 is 11.1 Å². The van der Waals surface area contributed by atoms with Crippen LogP contribution in [0.2, 0.25) is 0 Å². The Labute approximate surface area is 88.0 Å². The zero-order chi connectivity index (χ0) is 11.1. The van der Waals surface area contributed by atoms with Crippen molar-refractivity contribution < 1.29 is 4.79 Å². The van der Waals surface area contributed by atoms with Gasteiger partial charge in [-0.15, -0.1) is 0 Å². The molecule has 76 valence electrons. The number of hydrogen-bond acceptors (Lipinski definition) is 3. The van der Waals surface area contributed by atoms with Gasteiger partial charge in [0.05, 0.1) is 11.6 Å². The summed E-state index contributed by atoms with van der Waals surface area (Å²) >= 11 is 0. The Kier molecular flexibility index (Phi) is 3.92. The summed E-state index contributed by atoms with van der Waals surface area (Å²) in [5, 5.41) is 11.4. The van der Waals surface area contributed by atoms with Crippen LogP contribution in [-0.2, 0) is 11.3 Å². The third-order valence-electron chi connectivity index (χ3n) is 1.84. The van der Waals surface area contributed by atoms with Crippen LogP contribution in [0, 0.1) is 11.3 Å². The van der Waals surface area contributed by atoms with Crippen molar-refractivity contribution in [2.24, 2.45) is 5.73 Å². The molecule has 1 rings (SSSR count). The number of nitrogens with one attached hydrogen (secondary N) is 1. The van der Waals surface area contributed by atoms with Crippen LogP contribution in [0.4, 0.5) is 0 Å². The van der Waals surface area contributed by atoms with E-state index in [0.717, 1.165) is 5.56 Å². The average Bonchev–Trinajstić information content (AvgIpc) is 2.27. The number of amides is 1. The zero-order valence-corrected chi connectivity index (χ0v) is 8.10. The fraction of sp³-hybridized carbons (Fsp3) is 0.0909. The van der Waals surface area contributed by atoms with Gasteiger partial charge in [0.2, 0.25) is 5.91 Å². The van der Waals surface area contributed by atoms with Crippen molar-refractivity contribution in [3.8, 4) is 6.07 Å². The van der Waals surface area contributed by atoms with Gasteiger partial charge in [-0.1, -0.05) is 18.2 Å². The van der Waals surface area contributed by atoms with Gasteiger partial charge in [0.25, 0.3) is 0 Å². The van der Waals surface area contributed by atoms with Crippen molar-refractivity contribution in [3.63, 3.8) is 0 Å². The predicted molar refractivity (Wildman–Crippen MR) is 56.3 cm³/mol. The van der Waals surface area contributed by atoms with Crippen molar-refractivity contribution >= 4 is 5.91 Å². The summed E-state index contributed by atoms with van der Waals surface area (Å²) in [6, 6.07) is 9.16. The van der Waals surface area contributed by atoms with Gasteiger partial charge in [0.15, 0.2) is 0 Å². The lowest BCUT2D eigenvalue weighted by molar-refractivity contribution is -0.116. The van der Waals surface area contributed by atoms with Gasteiger partial charge >= 0.3 is 0 Å². The van der Waals surface area contributed by atoms with E-state index in [9.17, 15) is 4.79 Å². The summed E-state index contributed by atoms with van der Waals surface area (Å²) in [4.78, 5) is 11.1. The first-order chi connectivity index (χ1) is 7.27. The number of carbonyl (C=O) groups is 1. The number of nitrogens with two attached hydrogens (primary N) is 1. The molecule has 0 spiro atoms. The minimum atomic E-state index is -0.273. The second kappa shape index (κ2) is 5.45. The first-order valence-electron chi connectivity index (χ1n) is 4.42. The molecule has 0 heterocycles. The molecule has 0 aliphatic heterocycles. The van der Waals surface area contributed by atoms with Crippen LogP contribution in [-0.4, -0.2) is 5.91 Å². The van der Waals surface area contributed by atoms with Gasteiger partial charge in [-0.05, 0) is 17.8 Å². The van der Waals surface area contributed by atoms with E-state index in [-0.39, 0.29) is 5.91 Å². The van der Waals surface area contributed by atoms with E-state index in [1.807, 2.05) is 6.07 Å². The molecule has 1 aromatic carbocycles. The lowest BCUT2D eigenvalue weighted by atomic mass is 10.1. The molecule has 0 saturated carbocycles. The number of nitriles is 1. The number of benzene rings is 1. The first-order valence-corrected chi connectivity index (χ1v) is 4.42. The Balaban J connectivity index is 2.66. The van der Waals surface area contributed by atoms with Crippen molar-refractivity contribution in [2.45, 2.75) is 6.54 Å². The average molecular weight is 201 g/mol. The number of carbonyl (C=O) groups excluding carboxylic acids is 1. The molecule has 0 aliphatic rings. The molecule has 0 unspecified atom stereocenters. The fourth-order valence-corrected chi connectivity index (χ4v) is 1.11. The molecule has 1 amide bonds. The van der Waals surface area contributed by atoms with Gasteiger partial charge in [0, 0.05) is 12.6 Å². The Morgan fingerprint density at radius 1 is 1.53 bits per heavy atom. The van der Waals surface area contributed by atoms with Crippen LogP contribution in [0.25, 0.3) is 0 Å². The third kappa shape index (κ3) is 3.16. The molecule has 3 N–H and O–H groups in total. The maximum absolute atomic E-state index is 11.1. The topological polar surface area (TPSA) is 78.9 Å². The standard InChI is InChI=1S/C11H11N3O/c12-6-5-11(15)14-8-10-4-2-1-3-9(10)7-13/h1-6H,8,12H2,(H,14,15)/b6-5-. The molecule has 4 nitrogen and oxygen atoms in total. The number of nitrogens with zero attached hydrogens (tertiary/aromatic N) is 1. The molecule has 0 radical (unpaired) electrons. The highest BCUT2D eigenvalue weighted by Gasteiger charge is 2.01. The molecule has 1 aromatic rings. The molecule has 0 aliphatic carbocycles. The van der Waals surface area contributed by atoms with Crippen LogP contribution in [0.1, 0.15) is 11.1 Å². The van der Waals surface area contributed by atoms with E-state index < -0.39 is 0 Å². The molecule has 0 aromatic heterocycles. The SMILES string of the molecule is N#Cc1ccccc1CNC(=O)/C=C\N. The summed E-state index contributed by atoms with van der Waals surface area (Å²) in [7, 11) is 0. The number of rotatable bonds is 3. The molecule has 15 heavy (non-hydrogen) atoms. The molecule has 0 atom stereocenters. The summed E-state index contributed by atoms with van der Waals surface area (Å²) < 4.78 is 0.